The summed E-state index contributed by atoms with van der Waals surface area (Å²) < 4.78 is 28.3. The zero-order chi connectivity index (χ0) is 15.3. The van der Waals surface area contributed by atoms with Gasteiger partial charge in [-0.15, -0.1) is 0 Å². The van der Waals surface area contributed by atoms with E-state index in [1.807, 2.05) is 0 Å². The van der Waals surface area contributed by atoms with Crippen LogP contribution in [-0.2, 0) is 10.0 Å². The number of aromatic amines is 1. The molecule has 6 nitrogen and oxygen atoms in total. The second kappa shape index (κ2) is 5.19. The molecule has 0 aliphatic carbocycles. The second-order valence-electron chi connectivity index (χ2n) is 6.10. The molecule has 118 valence electrons. The van der Waals surface area contributed by atoms with Gasteiger partial charge in [0.1, 0.15) is 10.5 Å². The maximum atomic E-state index is 12.7. The summed E-state index contributed by atoms with van der Waals surface area (Å²) in [4.78, 5) is 7.16. The lowest BCUT2D eigenvalue weighted by Crippen LogP contribution is -2.47. The van der Waals surface area contributed by atoms with Crippen LogP contribution in [0.4, 0.5) is 0 Å². The van der Waals surface area contributed by atoms with Crippen molar-refractivity contribution in [2.45, 2.75) is 48.7 Å². The van der Waals surface area contributed by atoms with Gasteiger partial charge in [-0.05, 0) is 31.7 Å². The average molecular weight is 341 g/mol. The first-order chi connectivity index (χ1) is 10.5. The van der Waals surface area contributed by atoms with Gasteiger partial charge in [-0.1, -0.05) is 11.6 Å². The molecule has 2 aliphatic heterocycles. The lowest BCUT2D eigenvalue weighted by molar-refractivity contribution is 0.345. The van der Waals surface area contributed by atoms with Gasteiger partial charge in [-0.2, -0.15) is 0 Å². The number of fused-ring (bicyclic) bond motifs is 3. The van der Waals surface area contributed by atoms with Crippen molar-refractivity contribution in [1.29, 1.82) is 0 Å². The first-order valence-corrected chi connectivity index (χ1v) is 9.29. The Morgan fingerprint density at radius 2 is 2.00 bits per heavy atom. The molecule has 2 aromatic heterocycles. The van der Waals surface area contributed by atoms with E-state index < -0.39 is 10.0 Å². The molecule has 0 spiro atoms. The number of H-pyrrole nitrogens is 1. The molecule has 3 N–H and O–H groups in total. The van der Waals surface area contributed by atoms with E-state index >= 15 is 0 Å². The van der Waals surface area contributed by atoms with E-state index in [-0.39, 0.29) is 10.9 Å². The van der Waals surface area contributed by atoms with Gasteiger partial charge in [0.25, 0.3) is 0 Å². The molecule has 2 atom stereocenters. The van der Waals surface area contributed by atoms with Gasteiger partial charge in [0.05, 0.1) is 10.4 Å². The van der Waals surface area contributed by atoms with Gasteiger partial charge in [-0.3, -0.25) is 0 Å². The topological polar surface area (TPSA) is 86.9 Å². The molecule has 2 saturated heterocycles. The van der Waals surface area contributed by atoms with Crippen LogP contribution in [0, 0.1) is 0 Å². The van der Waals surface area contributed by atoms with E-state index in [1.165, 1.54) is 6.20 Å². The molecule has 2 bridgehead atoms. The summed E-state index contributed by atoms with van der Waals surface area (Å²) in [6.07, 6.45) is 6.95. The highest BCUT2D eigenvalue weighted by Crippen LogP contribution is 2.31. The Hall–Kier alpha value is -1.15. The van der Waals surface area contributed by atoms with Crippen LogP contribution >= 0.6 is 11.6 Å². The predicted molar refractivity (Wildman–Crippen MR) is 84.4 cm³/mol. The fraction of sp³-hybridized carbons (Fsp3) is 0.500. The summed E-state index contributed by atoms with van der Waals surface area (Å²) >= 11 is 6.15. The highest BCUT2D eigenvalue weighted by molar-refractivity contribution is 7.89. The van der Waals surface area contributed by atoms with E-state index in [9.17, 15) is 8.42 Å². The maximum Gasteiger partial charge on any atom is 0.243 e. The van der Waals surface area contributed by atoms with Crippen molar-refractivity contribution < 1.29 is 8.42 Å². The van der Waals surface area contributed by atoms with Crippen molar-refractivity contribution in [2.24, 2.45) is 0 Å². The van der Waals surface area contributed by atoms with E-state index in [4.69, 9.17) is 11.6 Å². The molecular formula is C14H17ClN4O2S. The molecule has 2 aliphatic rings. The Bertz CT molecular complexity index is 807. The van der Waals surface area contributed by atoms with Crippen LogP contribution in [0.15, 0.2) is 23.4 Å². The van der Waals surface area contributed by atoms with Crippen LogP contribution in [0.2, 0.25) is 5.02 Å². The van der Waals surface area contributed by atoms with E-state index in [1.54, 1.807) is 12.3 Å². The van der Waals surface area contributed by atoms with Crippen molar-refractivity contribution in [3.8, 4) is 0 Å². The SMILES string of the molecule is O=S(=O)(NC1CC2CCC(C1)N2)c1c[nH]c2nccc(Cl)c12. The molecule has 0 amide bonds. The van der Waals surface area contributed by atoms with Crippen molar-refractivity contribution in [2.75, 3.05) is 0 Å². The summed E-state index contributed by atoms with van der Waals surface area (Å²) in [5.74, 6) is 0. The zero-order valence-electron chi connectivity index (χ0n) is 11.8. The van der Waals surface area contributed by atoms with Gasteiger partial charge >= 0.3 is 0 Å². The molecule has 8 heteroatoms. The van der Waals surface area contributed by atoms with Gasteiger partial charge in [0.15, 0.2) is 0 Å². The Labute approximate surface area is 133 Å². The van der Waals surface area contributed by atoms with Crippen LogP contribution in [0.5, 0.6) is 0 Å². The zero-order valence-corrected chi connectivity index (χ0v) is 13.4. The third kappa shape index (κ3) is 2.42. The fourth-order valence-corrected chi connectivity index (χ4v) is 5.39. The molecule has 4 heterocycles. The molecule has 2 aromatic rings. The van der Waals surface area contributed by atoms with Crippen LogP contribution < -0.4 is 10.0 Å². The normalized spacial score (nSPS) is 28.3. The van der Waals surface area contributed by atoms with Crippen LogP contribution in [0.25, 0.3) is 11.0 Å². The minimum absolute atomic E-state index is 0.0239. The number of pyridine rings is 1. The highest BCUT2D eigenvalue weighted by atomic mass is 35.5. The number of nitrogens with zero attached hydrogens (tertiary/aromatic N) is 1. The summed E-state index contributed by atoms with van der Waals surface area (Å²) in [5.41, 5.74) is 0.484. The lowest BCUT2D eigenvalue weighted by atomic mass is 10.0. The largest absolute Gasteiger partial charge is 0.345 e. The van der Waals surface area contributed by atoms with E-state index in [0.717, 1.165) is 25.7 Å². The molecule has 2 fully saturated rings. The van der Waals surface area contributed by atoms with Gasteiger partial charge in [0.2, 0.25) is 10.0 Å². The van der Waals surface area contributed by atoms with Crippen molar-refractivity contribution >= 4 is 32.7 Å². The number of nitrogens with one attached hydrogen (secondary N) is 3. The molecule has 4 rings (SSSR count). The summed E-state index contributed by atoms with van der Waals surface area (Å²) in [6.45, 7) is 0. The minimum Gasteiger partial charge on any atom is -0.345 e. The van der Waals surface area contributed by atoms with E-state index in [2.05, 4.69) is 20.0 Å². The molecule has 2 unspecified atom stereocenters. The molecular weight excluding hydrogens is 324 g/mol. The average Bonchev–Trinajstić information content (AvgIpc) is 3.03. The number of rotatable bonds is 3. The number of hydrogen-bond acceptors (Lipinski definition) is 4. The van der Waals surface area contributed by atoms with Crippen molar-refractivity contribution in [3.05, 3.63) is 23.5 Å². The van der Waals surface area contributed by atoms with Crippen molar-refractivity contribution in [3.63, 3.8) is 0 Å². The van der Waals surface area contributed by atoms with Gasteiger partial charge < -0.3 is 10.3 Å². The third-order valence-electron chi connectivity index (χ3n) is 4.57. The Balaban J connectivity index is 1.65. The summed E-state index contributed by atoms with van der Waals surface area (Å²) in [5, 5.41) is 4.35. The summed E-state index contributed by atoms with van der Waals surface area (Å²) in [7, 11) is -3.62. The highest BCUT2D eigenvalue weighted by Gasteiger charge is 2.36. The van der Waals surface area contributed by atoms with Crippen LogP contribution in [0.1, 0.15) is 25.7 Å². The number of hydrogen-bond donors (Lipinski definition) is 3. The first-order valence-electron chi connectivity index (χ1n) is 7.43. The van der Waals surface area contributed by atoms with Gasteiger partial charge in [0, 0.05) is 30.5 Å². The smallest absolute Gasteiger partial charge is 0.243 e. The Kier molecular flexibility index (Phi) is 3.41. The number of sulfonamides is 1. The summed E-state index contributed by atoms with van der Waals surface area (Å²) in [6, 6.07) is 2.44. The molecule has 22 heavy (non-hydrogen) atoms. The molecule has 0 aromatic carbocycles. The molecule has 0 saturated carbocycles. The Morgan fingerprint density at radius 3 is 2.73 bits per heavy atom. The Morgan fingerprint density at radius 1 is 1.27 bits per heavy atom. The van der Waals surface area contributed by atoms with Crippen molar-refractivity contribution in [1.82, 2.24) is 20.0 Å². The lowest BCUT2D eigenvalue weighted by Gasteiger charge is -2.29. The first kappa shape index (κ1) is 14.4. The second-order valence-corrected chi connectivity index (χ2v) is 8.19. The molecule has 0 radical (unpaired) electrons. The van der Waals surface area contributed by atoms with Gasteiger partial charge in [-0.25, -0.2) is 18.1 Å². The van der Waals surface area contributed by atoms with Crippen LogP contribution in [0.3, 0.4) is 0 Å². The maximum absolute atomic E-state index is 12.7. The fourth-order valence-electron chi connectivity index (χ4n) is 3.64. The van der Waals surface area contributed by atoms with E-state index in [0.29, 0.717) is 28.1 Å². The predicted octanol–water partition coefficient (Wildman–Crippen LogP) is 1.78. The number of aromatic nitrogens is 2. The van der Waals surface area contributed by atoms with Crippen LogP contribution in [-0.4, -0.2) is 36.5 Å². The number of piperidine rings is 1. The number of halogens is 1. The standard InChI is InChI=1S/C14H17ClN4O2S/c15-11-3-4-16-14-13(11)12(7-17-14)22(20,21)19-10-5-8-1-2-9(6-10)18-8/h3-4,7-10,18-19H,1-2,5-6H2,(H,16,17). The minimum atomic E-state index is -3.62. The monoisotopic (exact) mass is 340 g/mol. The third-order valence-corrected chi connectivity index (χ3v) is 6.43. The quantitative estimate of drug-likeness (QED) is 0.794.